The lowest BCUT2D eigenvalue weighted by atomic mass is 10.3. The molecule has 1 aromatic heterocycles. The van der Waals surface area contributed by atoms with E-state index >= 15 is 0 Å². The van der Waals surface area contributed by atoms with Gasteiger partial charge in [-0.15, -0.1) is 23.1 Å². The van der Waals surface area contributed by atoms with E-state index in [9.17, 15) is 4.79 Å². The van der Waals surface area contributed by atoms with Gasteiger partial charge in [0.25, 0.3) is 0 Å². The minimum atomic E-state index is -0.206. The second-order valence-corrected chi connectivity index (χ2v) is 5.77. The van der Waals surface area contributed by atoms with Gasteiger partial charge in [-0.1, -0.05) is 13.0 Å². The van der Waals surface area contributed by atoms with Crippen LogP contribution in [0.25, 0.3) is 0 Å². The Morgan fingerprint density at radius 2 is 2.41 bits per heavy atom. The van der Waals surface area contributed by atoms with Gasteiger partial charge in [0.15, 0.2) is 0 Å². The van der Waals surface area contributed by atoms with Crippen LogP contribution in [0.3, 0.4) is 0 Å². The van der Waals surface area contributed by atoms with Gasteiger partial charge < -0.3 is 10.1 Å². The average molecular weight is 273 g/mol. The third-order valence-corrected chi connectivity index (χ3v) is 4.32. The van der Waals surface area contributed by atoms with E-state index in [0.717, 1.165) is 18.7 Å². The van der Waals surface area contributed by atoms with Gasteiger partial charge in [0.2, 0.25) is 0 Å². The fourth-order valence-corrected chi connectivity index (χ4v) is 3.13. The quantitative estimate of drug-likeness (QED) is 0.584. The van der Waals surface area contributed by atoms with Crippen LogP contribution in [-0.2, 0) is 9.53 Å². The molecule has 0 bridgehead atoms. The maximum Gasteiger partial charge on any atom is 0.323 e. The van der Waals surface area contributed by atoms with E-state index in [1.54, 1.807) is 23.1 Å². The molecule has 0 aliphatic rings. The first-order valence-electron chi connectivity index (χ1n) is 5.84. The Bertz CT molecular complexity index is 314. The van der Waals surface area contributed by atoms with Crippen molar-refractivity contribution in [2.45, 2.75) is 30.5 Å². The zero-order chi connectivity index (χ0) is 12.5. The van der Waals surface area contributed by atoms with Gasteiger partial charge in [-0.2, -0.15) is 0 Å². The number of esters is 1. The predicted octanol–water partition coefficient (Wildman–Crippen LogP) is 2.77. The van der Waals surface area contributed by atoms with Crippen LogP contribution in [0.5, 0.6) is 0 Å². The number of thioether (sulfide) groups is 1. The summed E-state index contributed by atoms with van der Waals surface area (Å²) < 4.78 is 6.29. The van der Waals surface area contributed by atoms with E-state index in [2.05, 4.69) is 18.3 Å². The molecule has 96 valence electrons. The van der Waals surface area contributed by atoms with E-state index in [1.807, 2.05) is 18.4 Å². The molecule has 1 unspecified atom stereocenters. The Kier molecular flexibility index (Phi) is 7.32. The molecule has 1 rings (SSSR count). The van der Waals surface area contributed by atoms with Gasteiger partial charge in [0.05, 0.1) is 10.8 Å². The normalized spacial score (nSPS) is 12.4. The van der Waals surface area contributed by atoms with Gasteiger partial charge in [0.1, 0.15) is 6.04 Å². The molecule has 1 aromatic rings. The summed E-state index contributed by atoms with van der Waals surface area (Å²) in [5.41, 5.74) is 0. The molecule has 0 aromatic carbocycles. The standard InChI is InChI=1S/C12H19NO2S2/c1-3-7-13-10(12(14)15-4-2)9-17-11-6-5-8-16-11/h5-6,8,10,13H,3-4,7,9H2,1-2H3. The van der Waals surface area contributed by atoms with Crippen LogP contribution in [0, 0.1) is 0 Å². The van der Waals surface area contributed by atoms with Crippen molar-refractivity contribution in [3.63, 3.8) is 0 Å². The van der Waals surface area contributed by atoms with Crippen LogP contribution in [0.4, 0.5) is 0 Å². The Balaban J connectivity index is 2.41. The molecule has 1 N–H and O–H groups in total. The van der Waals surface area contributed by atoms with Crippen LogP contribution in [0.2, 0.25) is 0 Å². The van der Waals surface area contributed by atoms with Crippen LogP contribution in [0.15, 0.2) is 21.7 Å². The molecule has 0 aliphatic heterocycles. The number of carbonyl (C=O) groups excluding carboxylic acids is 1. The zero-order valence-corrected chi connectivity index (χ0v) is 11.9. The highest BCUT2D eigenvalue weighted by Gasteiger charge is 2.19. The molecule has 0 saturated carbocycles. The summed E-state index contributed by atoms with van der Waals surface area (Å²) in [4.78, 5) is 11.7. The molecule has 5 heteroatoms. The van der Waals surface area contributed by atoms with Crippen molar-refractivity contribution in [1.82, 2.24) is 5.32 Å². The molecular formula is C12H19NO2S2. The minimum absolute atomic E-state index is 0.148. The van der Waals surface area contributed by atoms with Crippen molar-refractivity contribution in [1.29, 1.82) is 0 Å². The van der Waals surface area contributed by atoms with Gasteiger partial charge in [-0.25, -0.2) is 0 Å². The third kappa shape index (κ3) is 5.57. The van der Waals surface area contributed by atoms with E-state index in [-0.39, 0.29) is 12.0 Å². The Morgan fingerprint density at radius 3 is 3.00 bits per heavy atom. The summed E-state index contributed by atoms with van der Waals surface area (Å²) in [6.45, 7) is 5.20. The van der Waals surface area contributed by atoms with Crippen molar-refractivity contribution < 1.29 is 9.53 Å². The number of thiophene rings is 1. The van der Waals surface area contributed by atoms with E-state index < -0.39 is 0 Å². The lowest BCUT2D eigenvalue weighted by molar-refractivity contribution is -0.144. The Morgan fingerprint density at radius 1 is 1.59 bits per heavy atom. The molecule has 0 radical (unpaired) electrons. The van der Waals surface area contributed by atoms with Gasteiger partial charge in [-0.3, -0.25) is 4.79 Å². The smallest absolute Gasteiger partial charge is 0.323 e. The fraction of sp³-hybridized carbons (Fsp3) is 0.583. The summed E-state index contributed by atoms with van der Waals surface area (Å²) in [6, 6.07) is 3.88. The monoisotopic (exact) mass is 273 g/mol. The lowest BCUT2D eigenvalue weighted by Gasteiger charge is -2.15. The van der Waals surface area contributed by atoms with Crippen molar-refractivity contribution in [2.75, 3.05) is 18.9 Å². The van der Waals surface area contributed by atoms with Crippen LogP contribution < -0.4 is 5.32 Å². The number of hydrogen-bond donors (Lipinski definition) is 1. The zero-order valence-electron chi connectivity index (χ0n) is 10.3. The number of hydrogen-bond acceptors (Lipinski definition) is 5. The summed E-state index contributed by atoms with van der Waals surface area (Å²) in [5, 5.41) is 5.27. The number of rotatable bonds is 8. The summed E-state index contributed by atoms with van der Waals surface area (Å²) >= 11 is 3.39. The number of ether oxygens (including phenoxy) is 1. The SMILES string of the molecule is CCCNC(CSc1cccs1)C(=O)OCC. The molecular weight excluding hydrogens is 254 g/mol. The van der Waals surface area contributed by atoms with E-state index in [1.165, 1.54) is 4.21 Å². The van der Waals surface area contributed by atoms with Crippen LogP contribution in [0.1, 0.15) is 20.3 Å². The summed E-state index contributed by atoms with van der Waals surface area (Å²) in [5.74, 6) is 0.573. The summed E-state index contributed by atoms with van der Waals surface area (Å²) in [7, 11) is 0. The third-order valence-electron chi connectivity index (χ3n) is 2.10. The maximum absolute atomic E-state index is 11.7. The lowest BCUT2D eigenvalue weighted by Crippen LogP contribution is -2.40. The molecule has 0 fully saturated rings. The molecule has 0 amide bonds. The van der Waals surface area contributed by atoms with E-state index in [0.29, 0.717) is 6.61 Å². The molecule has 1 heterocycles. The Hall–Kier alpha value is -0.520. The second-order valence-electron chi connectivity index (χ2n) is 3.50. The first kappa shape index (κ1) is 14.5. The second kappa shape index (κ2) is 8.55. The molecule has 1 atom stereocenters. The molecule has 0 aliphatic carbocycles. The molecule has 17 heavy (non-hydrogen) atoms. The number of carbonyl (C=O) groups is 1. The van der Waals surface area contributed by atoms with E-state index in [4.69, 9.17) is 4.74 Å². The number of nitrogens with one attached hydrogen (secondary N) is 1. The first-order valence-corrected chi connectivity index (χ1v) is 7.70. The van der Waals surface area contributed by atoms with Crippen LogP contribution in [-0.4, -0.2) is 30.9 Å². The van der Waals surface area contributed by atoms with Crippen molar-refractivity contribution in [3.05, 3.63) is 17.5 Å². The fourth-order valence-electron chi connectivity index (χ4n) is 1.28. The van der Waals surface area contributed by atoms with Crippen molar-refractivity contribution in [3.8, 4) is 0 Å². The van der Waals surface area contributed by atoms with Gasteiger partial charge in [-0.05, 0) is 31.3 Å². The highest BCUT2D eigenvalue weighted by atomic mass is 32.2. The summed E-state index contributed by atoms with van der Waals surface area (Å²) in [6.07, 6.45) is 1.01. The van der Waals surface area contributed by atoms with Crippen molar-refractivity contribution in [2.24, 2.45) is 0 Å². The predicted molar refractivity (Wildman–Crippen MR) is 73.8 cm³/mol. The van der Waals surface area contributed by atoms with Crippen LogP contribution >= 0.6 is 23.1 Å². The average Bonchev–Trinajstić information content (AvgIpc) is 2.82. The molecule has 3 nitrogen and oxygen atoms in total. The van der Waals surface area contributed by atoms with Gasteiger partial charge >= 0.3 is 5.97 Å². The largest absolute Gasteiger partial charge is 0.465 e. The topological polar surface area (TPSA) is 38.3 Å². The highest BCUT2D eigenvalue weighted by Crippen LogP contribution is 2.24. The maximum atomic E-state index is 11.7. The minimum Gasteiger partial charge on any atom is -0.465 e. The highest BCUT2D eigenvalue weighted by molar-refractivity contribution is 8.01. The molecule has 0 spiro atoms. The molecule has 0 saturated heterocycles. The first-order chi connectivity index (χ1) is 8.27. The van der Waals surface area contributed by atoms with Gasteiger partial charge in [0, 0.05) is 5.75 Å². The van der Waals surface area contributed by atoms with Crippen molar-refractivity contribution >= 4 is 29.1 Å². The Labute approximate surface area is 111 Å².